The monoisotopic (exact) mass is 450 g/mol. The number of aliphatic hydroxyl groups is 1. The minimum atomic E-state index is -0.798. The number of rotatable bonds is 5. The lowest BCUT2D eigenvalue weighted by Gasteiger charge is -2.61. The number of likely N-dealkylation sites (tertiary alicyclic amines) is 2. The molecule has 0 spiro atoms. The maximum absolute atomic E-state index is 14.2. The van der Waals surface area contributed by atoms with Crippen LogP contribution < -0.4 is 0 Å². The van der Waals surface area contributed by atoms with Crippen LogP contribution in [0.4, 0.5) is 4.39 Å². The predicted molar refractivity (Wildman–Crippen MR) is 127 cm³/mol. The molecule has 4 nitrogen and oxygen atoms in total. The van der Waals surface area contributed by atoms with Gasteiger partial charge in [-0.15, -0.1) is 0 Å². The lowest BCUT2D eigenvalue weighted by Crippen LogP contribution is -2.71. The lowest BCUT2D eigenvalue weighted by atomic mass is 9.52. The predicted octanol–water partition coefficient (Wildman–Crippen LogP) is 3.88. The summed E-state index contributed by atoms with van der Waals surface area (Å²) in [7, 11) is 0. The number of phenols is 1. The van der Waals surface area contributed by atoms with Crippen LogP contribution in [0.25, 0.3) is 0 Å². The van der Waals surface area contributed by atoms with E-state index in [1.54, 1.807) is 12.1 Å². The van der Waals surface area contributed by atoms with Gasteiger partial charge in [-0.25, -0.2) is 4.39 Å². The highest BCUT2D eigenvalue weighted by Gasteiger charge is 2.63. The fourth-order valence-corrected chi connectivity index (χ4v) is 7.12. The Labute approximate surface area is 196 Å². The number of nitrogens with zero attached hydrogens (tertiary/aromatic N) is 2. The third kappa shape index (κ3) is 3.60. The van der Waals surface area contributed by atoms with Crippen molar-refractivity contribution in [3.63, 3.8) is 0 Å². The number of halogens is 1. The van der Waals surface area contributed by atoms with E-state index in [2.05, 4.69) is 15.9 Å². The Kier molecular flexibility index (Phi) is 5.28. The summed E-state index contributed by atoms with van der Waals surface area (Å²) in [5.41, 5.74) is 2.11. The van der Waals surface area contributed by atoms with Crippen molar-refractivity contribution in [3.8, 4) is 5.75 Å². The quantitative estimate of drug-likeness (QED) is 0.726. The van der Waals surface area contributed by atoms with Gasteiger partial charge in [-0.2, -0.15) is 0 Å². The summed E-state index contributed by atoms with van der Waals surface area (Å²) < 4.78 is 14.2. The smallest absolute Gasteiger partial charge is 0.126 e. The molecule has 2 aliphatic carbocycles. The highest BCUT2D eigenvalue weighted by Crippen LogP contribution is 2.56. The molecule has 2 aromatic carbocycles. The molecule has 2 heterocycles. The second-order valence-electron chi connectivity index (χ2n) is 10.9. The van der Waals surface area contributed by atoms with E-state index in [0.29, 0.717) is 12.2 Å². The van der Waals surface area contributed by atoms with E-state index in [4.69, 9.17) is 0 Å². The van der Waals surface area contributed by atoms with Crippen LogP contribution in [0.1, 0.15) is 48.8 Å². The van der Waals surface area contributed by atoms with Crippen LogP contribution >= 0.6 is 0 Å². The highest BCUT2D eigenvalue weighted by molar-refractivity contribution is 5.48. The molecule has 6 rings (SSSR count). The number of hydrogen-bond donors (Lipinski definition) is 2. The molecule has 5 heteroatoms. The van der Waals surface area contributed by atoms with E-state index in [1.165, 1.54) is 30.0 Å². The van der Waals surface area contributed by atoms with Crippen LogP contribution in [0.5, 0.6) is 5.75 Å². The molecule has 2 N–H and O–H groups in total. The van der Waals surface area contributed by atoms with E-state index >= 15 is 0 Å². The Hall–Kier alpha value is -1.95. The van der Waals surface area contributed by atoms with Crippen molar-refractivity contribution in [2.45, 2.75) is 62.0 Å². The van der Waals surface area contributed by atoms with Crippen molar-refractivity contribution in [3.05, 3.63) is 65.0 Å². The van der Waals surface area contributed by atoms with Gasteiger partial charge in [0.1, 0.15) is 11.6 Å². The third-order valence-electron chi connectivity index (χ3n) is 9.18. The summed E-state index contributed by atoms with van der Waals surface area (Å²) in [5, 5.41) is 22.9. The molecule has 33 heavy (non-hydrogen) atoms. The van der Waals surface area contributed by atoms with Gasteiger partial charge in [-0.3, -0.25) is 4.90 Å². The van der Waals surface area contributed by atoms with Crippen molar-refractivity contribution < 1.29 is 14.6 Å². The minimum Gasteiger partial charge on any atom is -0.508 e. The number of hydrogen-bond acceptors (Lipinski definition) is 4. The van der Waals surface area contributed by atoms with Gasteiger partial charge in [0.25, 0.3) is 0 Å². The molecule has 3 fully saturated rings. The molecule has 4 aliphatic rings. The normalized spacial score (nSPS) is 32.1. The summed E-state index contributed by atoms with van der Waals surface area (Å²) in [6, 6.07) is 13.0. The first kappa shape index (κ1) is 21.6. The van der Waals surface area contributed by atoms with Gasteiger partial charge in [-0.1, -0.05) is 24.3 Å². The average Bonchev–Trinajstić information content (AvgIpc) is 3.63. The van der Waals surface area contributed by atoms with E-state index < -0.39 is 5.60 Å². The third-order valence-corrected chi connectivity index (χ3v) is 9.18. The first-order chi connectivity index (χ1) is 16.0. The van der Waals surface area contributed by atoms with Crippen molar-refractivity contribution in [1.29, 1.82) is 0 Å². The number of benzene rings is 2. The summed E-state index contributed by atoms with van der Waals surface area (Å²) in [6.45, 7) is 4.65. The second kappa shape index (κ2) is 8.07. The summed E-state index contributed by atoms with van der Waals surface area (Å²) in [4.78, 5) is 5.00. The number of phenolic OH excluding ortho intramolecular Hbond substituents is 1. The van der Waals surface area contributed by atoms with Gasteiger partial charge in [-0.05, 0) is 98.8 Å². The molecule has 2 saturated heterocycles. The molecular formula is C28H35FN2O2. The number of piperidine rings is 1. The number of fused-ring (bicyclic) bond motifs is 1. The maximum Gasteiger partial charge on any atom is 0.126 e. The molecule has 176 valence electrons. The van der Waals surface area contributed by atoms with Crippen molar-refractivity contribution >= 4 is 0 Å². The van der Waals surface area contributed by atoms with Gasteiger partial charge >= 0.3 is 0 Å². The Morgan fingerprint density at radius 3 is 2.61 bits per heavy atom. The van der Waals surface area contributed by atoms with Crippen molar-refractivity contribution in [1.82, 2.24) is 9.80 Å². The molecule has 3 atom stereocenters. The SMILES string of the molecule is Oc1ccc2c(c1)[C@@]13CCN(CCc4ccccc4F)CC[C@@]1(O)C(C2)N(CC1CC1)CC3. The van der Waals surface area contributed by atoms with Crippen molar-refractivity contribution in [2.75, 3.05) is 32.7 Å². The topological polar surface area (TPSA) is 46.9 Å². The van der Waals surface area contributed by atoms with E-state index in [9.17, 15) is 14.6 Å². The summed E-state index contributed by atoms with van der Waals surface area (Å²) in [6.07, 6.45) is 6.73. The van der Waals surface area contributed by atoms with Crippen molar-refractivity contribution in [2.24, 2.45) is 5.92 Å². The molecule has 2 aliphatic heterocycles. The fraction of sp³-hybridized carbons (Fsp3) is 0.571. The standard InChI is InChI=1S/C28H35FN2O2/c29-25-4-2-1-3-21(25)9-13-30-14-10-27-11-16-31(19-20-5-6-20)26(28(27,33)12-15-30)17-22-7-8-23(32)18-24(22)27/h1-4,7-8,18,20,26,32-33H,5-6,9-17,19H2/t26?,27-,28+/m0/s1. The maximum atomic E-state index is 14.2. The highest BCUT2D eigenvalue weighted by atomic mass is 19.1. The zero-order valence-corrected chi connectivity index (χ0v) is 19.3. The molecule has 2 aromatic rings. The van der Waals surface area contributed by atoms with E-state index in [-0.39, 0.29) is 17.3 Å². The van der Waals surface area contributed by atoms with Crippen LogP contribution in [0.15, 0.2) is 42.5 Å². The summed E-state index contributed by atoms with van der Waals surface area (Å²) >= 11 is 0. The molecule has 0 aromatic heterocycles. The van der Waals surface area contributed by atoms with Gasteiger partial charge in [0.2, 0.25) is 0 Å². The largest absolute Gasteiger partial charge is 0.508 e. The molecule has 1 unspecified atom stereocenters. The second-order valence-corrected chi connectivity index (χ2v) is 10.9. The first-order valence-corrected chi connectivity index (χ1v) is 12.7. The van der Waals surface area contributed by atoms with Crippen LogP contribution in [0.3, 0.4) is 0 Å². The van der Waals surface area contributed by atoms with Crippen LogP contribution in [-0.4, -0.2) is 64.4 Å². The van der Waals surface area contributed by atoms with E-state index in [0.717, 1.165) is 69.9 Å². The Morgan fingerprint density at radius 2 is 1.79 bits per heavy atom. The summed E-state index contributed by atoms with van der Waals surface area (Å²) in [5.74, 6) is 0.963. The Morgan fingerprint density at radius 1 is 1.00 bits per heavy atom. The lowest BCUT2D eigenvalue weighted by molar-refractivity contribution is -0.149. The van der Waals surface area contributed by atoms with Gasteiger partial charge in [0, 0.05) is 31.1 Å². The molecule has 1 saturated carbocycles. The van der Waals surface area contributed by atoms with Crippen LogP contribution in [0, 0.1) is 11.7 Å². The minimum absolute atomic E-state index is 0.130. The zero-order valence-electron chi connectivity index (χ0n) is 19.3. The first-order valence-electron chi connectivity index (χ1n) is 12.7. The Balaban J connectivity index is 1.31. The average molecular weight is 451 g/mol. The molecule has 2 bridgehead atoms. The zero-order chi connectivity index (χ0) is 22.6. The molecule has 0 amide bonds. The molecular weight excluding hydrogens is 415 g/mol. The van der Waals surface area contributed by atoms with Gasteiger partial charge in [0.05, 0.1) is 5.60 Å². The molecule has 0 radical (unpaired) electrons. The Bertz CT molecular complexity index is 1040. The van der Waals surface area contributed by atoms with Gasteiger partial charge < -0.3 is 15.1 Å². The number of aromatic hydroxyl groups is 1. The van der Waals surface area contributed by atoms with Gasteiger partial charge in [0.15, 0.2) is 0 Å². The van der Waals surface area contributed by atoms with Crippen LogP contribution in [-0.2, 0) is 18.3 Å². The van der Waals surface area contributed by atoms with E-state index in [1.807, 2.05) is 18.2 Å². The van der Waals surface area contributed by atoms with Crippen LogP contribution in [0.2, 0.25) is 0 Å². The fourth-order valence-electron chi connectivity index (χ4n) is 7.12.